The van der Waals surface area contributed by atoms with Crippen LogP contribution in [0.2, 0.25) is 0 Å². The summed E-state index contributed by atoms with van der Waals surface area (Å²) >= 11 is 0. The van der Waals surface area contributed by atoms with Crippen molar-refractivity contribution in [2.45, 2.75) is 26.0 Å². The lowest BCUT2D eigenvalue weighted by Crippen LogP contribution is -2.31. The molecule has 3 aromatic rings. The molecule has 3 rings (SSSR count). The molecule has 0 fully saturated rings. The van der Waals surface area contributed by atoms with Crippen LogP contribution >= 0.6 is 0 Å². The molecule has 11 nitrogen and oxygen atoms in total. The number of benzene rings is 1. The number of carbonyl (C=O) groups is 1. The number of aliphatic hydroxyl groups is 1. The van der Waals surface area contributed by atoms with Gasteiger partial charge < -0.3 is 24.5 Å². The van der Waals surface area contributed by atoms with E-state index in [1.807, 2.05) is 25.1 Å². The van der Waals surface area contributed by atoms with E-state index in [1.54, 1.807) is 12.1 Å². The summed E-state index contributed by atoms with van der Waals surface area (Å²) in [7, 11) is 1.46. The maximum Gasteiger partial charge on any atom is 0.329 e. The molecular weight excluding hydrogens is 406 g/mol. The van der Waals surface area contributed by atoms with E-state index in [-0.39, 0.29) is 36.8 Å². The van der Waals surface area contributed by atoms with Crippen LogP contribution in [0, 0.1) is 0 Å². The molecule has 11 heteroatoms. The van der Waals surface area contributed by atoms with Crippen LogP contribution < -0.4 is 21.3 Å². The Labute approximate surface area is 177 Å². The number of ether oxygens (including phenoxy) is 2. The Balaban J connectivity index is 1.85. The number of anilines is 1. The van der Waals surface area contributed by atoms with Crippen LogP contribution in [-0.4, -0.2) is 56.0 Å². The van der Waals surface area contributed by atoms with Crippen molar-refractivity contribution >= 4 is 23.1 Å². The zero-order valence-corrected chi connectivity index (χ0v) is 17.3. The Kier molecular flexibility index (Phi) is 7.08. The lowest BCUT2D eigenvalue weighted by atomic mass is 10.3. The predicted octanol–water partition coefficient (Wildman–Crippen LogP) is 0.228. The van der Waals surface area contributed by atoms with E-state index < -0.39 is 23.3 Å². The van der Waals surface area contributed by atoms with Gasteiger partial charge in [0.25, 0.3) is 5.56 Å². The average molecular weight is 431 g/mol. The van der Waals surface area contributed by atoms with Gasteiger partial charge in [0, 0.05) is 7.05 Å². The van der Waals surface area contributed by atoms with E-state index in [0.29, 0.717) is 18.8 Å². The lowest BCUT2D eigenvalue weighted by Gasteiger charge is -2.15. The molecule has 2 heterocycles. The number of nitrogens with zero attached hydrogens (tertiary/aromatic N) is 3. The number of hydrogen-bond acceptors (Lipinski definition) is 8. The Bertz CT molecular complexity index is 1150. The molecule has 3 N–H and O–H groups in total. The first-order valence-corrected chi connectivity index (χ1v) is 9.85. The molecule has 0 bridgehead atoms. The first-order valence-electron chi connectivity index (χ1n) is 9.85. The highest BCUT2D eigenvalue weighted by Crippen LogP contribution is 2.17. The normalized spacial score (nSPS) is 12.0. The number of H-pyrrole nitrogens is 1. The summed E-state index contributed by atoms with van der Waals surface area (Å²) in [6.45, 7) is 1.89. The van der Waals surface area contributed by atoms with Gasteiger partial charge in [0.15, 0.2) is 11.2 Å². The van der Waals surface area contributed by atoms with Crippen LogP contribution in [0.15, 0.2) is 39.9 Å². The molecule has 0 aliphatic rings. The topological polar surface area (TPSA) is 140 Å². The van der Waals surface area contributed by atoms with Gasteiger partial charge in [-0.1, -0.05) is 25.1 Å². The number of para-hydroxylation sites is 1. The number of aliphatic hydroxyl groups excluding tert-OH is 1. The summed E-state index contributed by atoms with van der Waals surface area (Å²) in [6.07, 6.45) is -0.308. The maximum atomic E-state index is 12.5. The summed E-state index contributed by atoms with van der Waals surface area (Å²) < 4.78 is 13.2. The number of rotatable bonds is 10. The summed E-state index contributed by atoms with van der Waals surface area (Å²) in [6, 6.07) is 8.99. The Morgan fingerprint density at radius 3 is 2.74 bits per heavy atom. The third-order valence-electron chi connectivity index (χ3n) is 4.44. The van der Waals surface area contributed by atoms with Gasteiger partial charge in [0.1, 0.15) is 25.0 Å². The van der Waals surface area contributed by atoms with Crippen molar-refractivity contribution in [3.8, 4) is 5.75 Å². The second kappa shape index (κ2) is 9.94. The van der Waals surface area contributed by atoms with Crippen molar-refractivity contribution in [1.82, 2.24) is 19.1 Å². The van der Waals surface area contributed by atoms with Gasteiger partial charge in [-0.15, -0.1) is 0 Å². The molecule has 2 aromatic heterocycles. The molecule has 1 unspecified atom stereocenters. The number of esters is 1. The van der Waals surface area contributed by atoms with Gasteiger partial charge >= 0.3 is 11.7 Å². The molecule has 0 aliphatic heterocycles. The molecule has 0 amide bonds. The Morgan fingerprint density at radius 2 is 2.03 bits per heavy atom. The Morgan fingerprint density at radius 1 is 1.29 bits per heavy atom. The van der Waals surface area contributed by atoms with E-state index in [0.717, 1.165) is 0 Å². The molecular formula is C20H25N5O6. The Hall–Kier alpha value is -3.60. The standard InChI is InChI=1S/C20H25N5O6/c1-3-9-30-15(27)10-21-19-22-17-16(18(28)23-20(29)24(17)2)25(19)11-13(26)12-31-14-7-5-4-6-8-14/h4-8,13,26H,3,9-12H2,1-2H3,(H,21,22)(H,23,28,29). The lowest BCUT2D eigenvalue weighted by molar-refractivity contribution is -0.141. The second-order valence-corrected chi connectivity index (χ2v) is 6.89. The fraction of sp³-hybridized carbons (Fsp3) is 0.400. The van der Waals surface area contributed by atoms with Gasteiger partial charge in [-0.2, -0.15) is 4.98 Å². The molecule has 0 saturated carbocycles. The minimum atomic E-state index is -0.998. The third-order valence-corrected chi connectivity index (χ3v) is 4.44. The predicted molar refractivity (Wildman–Crippen MR) is 113 cm³/mol. The van der Waals surface area contributed by atoms with E-state index >= 15 is 0 Å². The highest BCUT2D eigenvalue weighted by Gasteiger charge is 2.20. The number of hydrogen-bond donors (Lipinski definition) is 3. The summed E-state index contributed by atoms with van der Waals surface area (Å²) in [5.41, 5.74) is -1.06. The monoisotopic (exact) mass is 431 g/mol. The van der Waals surface area contributed by atoms with E-state index in [1.165, 1.54) is 16.2 Å². The molecule has 166 valence electrons. The molecule has 0 aliphatic carbocycles. The van der Waals surface area contributed by atoms with Gasteiger partial charge in [0.2, 0.25) is 5.95 Å². The summed E-state index contributed by atoms with van der Waals surface area (Å²) in [5, 5.41) is 13.3. The fourth-order valence-corrected chi connectivity index (χ4v) is 2.94. The van der Waals surface area contributed by atoms with Crippen molar-refractivity contribution < 1.29 is 19.4 Å². The minimum absolute atomic E-state index is 0.0364. The van der Waals surface area contributed by atoms with Crippen molar-refractivity contribution in [3.63, 3.8) is 0 Å². The van der Waals surface area contributed by atoms with Gasteiger partial charge in [-0.05, 0) is 18.6 Å². The van der Waals surface area contributed by atoms with Crippen LogP contribution in [0.3, 0.4) is 0 Å². The first-order chi connectivity index (χ1) is 14.9. The van der Waals surface area contributed by atoms with Gasteiger partial charge in [-0.25, -0.2) is 4.79 Å². The summed E-state index contributed by atoms with van der Waals surface area (Å²) in [4.78, 5) is 42.8. The average Bonchev–Trinajstić information content (AvgIpc) is 3.12. The molecule has 1 aromatic carbocycles. The highest BCUT2D eigenvalue weighted by atomic mass is 16.5. The van der Waals surface area contributed by atoms with Crippen molar-refractivity contribution in [3.05, 3.63) is 51.2 Å². The van der Waals surface area contributed by atoms with Crippen molar-refractivity contribution in [2.75, 3.05) is 25.1 Å². The molecule has 0 radical (unpaired) electrons. The molecule has 0 saturated heterocycles. The largest absolute Gasteiger partial charge is 0.491 e. The number of aromatic nitrogens is 4. The number of nitrogens with one attached hydrogen (secondary N) is 2. The molecule has 31 heavy (non-hydrogen) atoms. The SMILES string of the molecule is CCCOC(=O)CNc1nc2c(c(=O)[nH]c(=O)n2C)n1CC(O)COc1ccccc1. The van der Waals surface area contributed by atoms with E-state index in [2.05, 4.69) is 15.3 Å². The number of carbonyl (C=O) groups excluding carboxylic acids is 1. The number of fused-ring (bicyclic) bond motifs is 1. The fourth-order valence-electron chi connectivity index (χ4n) is 2.94. The number of aromatic amines is 1. The van der Waals surface area contributed by atoms with E-state index in [9.17, 15) is 19.5 Å². The molecule has 0 spiro atoms. The molecule has 1 atom stereocenters. The van der Waals surface area contributed by atoms with Crippen molar-refractivity contribution in [1.29, 1.82) is 0 Å². The van der Waals surface area contributed by atoms with Gasteiger partial charge in [0.05, 0.1) is 13.2 Å². The van der Waals surface area contributed by atoms with Crippen LogP contribution in [0.25, 0.3) is 11.2 Å². The van der Waals surface area contributed by atoms with Crippen molar-refractivity contribution in [2.24, 2.45) is 7.05 Å². The van der Waals surface area contributed by atoms with Crippen LogP contribution in [0.4, 0.5) is 5.95 Å². The van der Waals surface area contributed by atoms with Crippen LogP contribution in [-0.2, 0) is 23.1 Å². The van der Waals surface area contributed by atoms with Gasteiger partial charge in [-0.3, -0.25) is 19.1 Å². The number of imidazole rings is 1. The smallest absolute Gasteiger partial charge is 0.329 e. The first kappa shape index (κ1) is 22.1. The zero-order chi connectivity index (χ0) is 22.4. The third kappa shape index (κ3) is 5.31. The quantitative estimate of drug-likeness (QED) is 0.388. The minimum Gasteiger partial charge on any atom is -0.491 e. The summed E-state index contributed by atoms with van der Waals surface area (Å²) in [5.74, 6) is 0.249. The van der Waals surface area contributed by atoms with Crippen LogP contribution in [0.1, 0.15) is 13.3 Å². The van der Waals surface area contributed by atoms with E-state index in [4.69, 9.17) is 9.47 Å². The zero-order valence-electron chi connectivity index (χ0n) is 17.3. The highest BCUT2D eigenvalue weighted by molar-refractivity contribution is 5.77. The number of aryl methyl sites for hydroxylation is 1. The second-order valence-electron chi connectivity index (χ2n) is 6.89. The van der Waals surface area contributed by atoms with Crippen LogP contribution in [0.5, 0.6) is 5.75 Å². The maximum absolute atomic E-state index is 12.5.